The predicted octanol–water partition coefficient (Wildman–Crippen LogP) is 3.50. The highest BCUT2D eigenvalue weighted by Gasteiger charge is 2.40. The summed E-state index contributed by atoms with van der Waals surface area (Å²) in [7, 11) is 0. The molecule has 1 unspecified atom stereocenters. The molecule has 0 saturated carbocycles. The van der Waals surface area contributed by atoms with Crippen LogP contribution in [0.15, 0.2) is 42.5 Å². The summed E-state index contributed by atoms with van der Waals surface area (Å²) in [6, 6.07) is 16.0. The van der Waals surface area contributed by atoms with Crippen LogP contribution in [0, 0.1) is 11.3 Å². The van der Waals surface area contributed by atoms with Crippen LogP contribution in [-0.4, -0.2) is 72.5 Å². The van der Waals surface area contributed by atoms with Crippen LogP contribution in [0.2, 0.25) is 0 Å². The summed E-state index contributed by atoms with van der Waals surface area (Å²) < 4.78 is 11.0. The van der Waals surface area contributed by atoms with Gasteiger partial charge in [0, 0.05) is 18.5 Å². The van der Waals surface area contributed by atoms with Gasteiger partial charge < -0.3 is 19.3 Å². The molecule has 3 fully saturated rings. The van der Waals surface area contributed by atoms with Gasteiger partial charge in [0.25, 0.3) is 5.91 Å². The van der Waals surface area contributed by atoms with Crippen LogP contribution < -0.4 is 10.1 Å². The van der Waals surface area contributed by atoms with Gasteiger partial charge in [-0.3, -0.25) is 19.7 Å². The van der Waals surface area contributed by atoms with E-state index in [1.807, 2.05) is 36.4 Å². The molecule has 1 N–H and O–H groups in total. The number of piperidine rings is 2. The number of benzene rings is 2. The van der Waals surface area contributed by atoms with E-state index in [2.05, 4.69) is 22.4 Å². The van der Waals surface area contributed by atoms with Crippen molar-refractivity contribution in [1.29, 1.82) is 5.26 Å². The lowest BCUT2D eigenvalue weighted by atomic mass is 9.74. The fraction of sp³-hybridized carbons (Fsp3) is 0.515. The maximum absolute atomic E-state index is 13.1. The quantitative estimate of drug-likeness (QED) is 0.344. The Morgan fingerprint density at radius 3 is 2.50 bits per heavy atom. The van der Waals surface area contributed by atoms with E-state index in [1.54, 1.807) is 4.90 Å². The van der Waals surface area contributed by atoms with Gasteiger partial charge in [-0.25, -0.2) is 0 Å². The lowest BCUT2D eigenvalue weighted by molar-refractivity contribution is -0.136. The molecule has 4 aliphatic rings. The molecule has 0 aliphatic carbocycles. The zero-order chi connectivity index (χ0) is 29.1. The molecule has 9 heteroatoms. The average molecular weight is 571 g/mol. The van der Waals surface area contributed by atoms with Crippen LogP contribution in [0.3, 0.4) is 0 Å². The van der Waals surface area contributed by atoms with Gasteiger partial charge in [-0.15, -0.1) is 0 Å². The lowest BCUT2D eigenvalue weighted by Crippen LogP contribution is -2.52. The summed E-state index contributed by atoms with van der Waals surface area (Å²) in [6.45, 7) is 4.55. The van der Waals surface area contributed by atoms with Gasteiger partial charge in [0.05, 0.1) is 24.7 Å². The minimum Gasteiger partial charge on any atom is -0.486 e. The van der Waals surface area contributed by atoms with E-state index in [9.17, 15) is 19.6 Å². The fourth-order valence-corrected chi connectivity index (χ4v) is 6.66. The molecule has 0 bridgehead atoms. The number of imide groups is 1. The Morgan fingerprint density at radius 1 is 1.02 bits per heavy atom. The normalized spacial score (nSPS) is 22.3. The Morgan fingerprint density at radius 2 is 1.81 bits per heavy atom. The molecule has 3 saturated heterocycles. The summed E-state index contributed by atoms with van der Waals surface area (Å²) in [5.41, 5.74) is 3.51. The summed E-state index contributed by atoms with van der Waals surface area (Å²) in [6.07, 6.45) is 6.53. The highest BCUT2D eigenvalue weighted by atomic mass is 16.6. The number of hydrogen-bond donors (Lipinski definition) is 1. The Hall–Kier alpha value is -3.74. The van der Waals surface area contributed by atoms with Crippen LogP contribution in [0.4, 0.5) is 0 Å². The number of nitrogens with zero attached hydrogens (tertiary/aromatic N) is 3. The first-order valence-corrected chi connectivity index (χ1v) is 15.2. The Labute approximate surface area is 246 Å². The Balaban J connectivity index is 0.950. The summed E-state index contributed by atoms with van der Waals surface area (Å²) >= 11 is 0. The highest BCUT2D eigenvalue weighted by Crippen LogP contribution is 2.36. The second kappa shape index (κ2) is 12.2. The number of aryl methyl sites for hydroxylation is 1. The van der Waals surface area contributed by atoms with Crippen LogP contribution >= 0.6 is 0 Å². The molecule has 0 aromatic heterocycles. The number of ether oxygens (including phenoxy) is 2. The molecule has 3 amide bonds. The van der Waals surface area contributed by atoms with Crippen molar-refractivity contribution in [3.05, 3.63) is 64.7 Å². The number of likely N-dealkylation sites (tertiary alicyclic amines) is 1. The molecule has 220 valence electrons. The van der Waals surface area contributed by atoms with Crippen molar-refractivity contribution < 1.29 is 23.9 Å². The summed E-state index contributed by atoms with van der Waals surface area (Å²) in [4.78, 5) is 41.1. The van der Waals surface area contributed by atoms with Gasteiger partial charge in [0.15, 0.2) is 0 Å². The number of fused-ring (bicyclic) bond motifs is 1. The topological polar surface area (TPSA) is 112 Å². The van der Waals surface area contributed by atoms with Crippen LogP contribution in [-0.2, 0) is 32.7 Å². The molecule has 2 aromatic rings. The van der Waals surface area contributed by atoms with Crippen molar-refractivity contribution in [2.45, 2.75) is 75.5 Å². The number of carbonyl (C=O) groups excluding carboxylic acids is 3. The van der Waals surface area contributed by atoms with Gasteiger partial charge in [0.2, 0.25) is 11.8 Å². The number of nitrogens with one attached hydrogen (secondary N) is 1. The molecule has 9 nitrogen and oxygen atoms in total. The van der Waals surface area contributed by atoms with Crippen LogP contribution in [0.25, 0.3) is 0 Å². The SMILES string of the molecule is N#CC1(c2ccc(OC3COC3)cc2)CCN(CCCCCc2cccc3c2CN(C2CCC(=O)NC2=O)C3=O)CC1. The predicted molar refractivity (Wildman–Crippen MR) is 155 cm³/mol. The standard InChI is InChI=1S/C33H38N4O5/c34-22-33(24-8-10-25(11-9-24)42-26-20-41-21-26)14-17-36(18-15-33)16-3-1-2-5-23-6-4-7-27-28(23)19-37(32(27)40)29-12-13-30(38)35-31(29)39/h4,6-11,26,29H,1-3,5,12-21H2,(H,35,38,39). The van der Waals surface area contributed by atoms with Crippen molar-refractivity contribution in [3.8, 4) is 11.8 Å². The van der Waals surface area contributed by atoms with Crippen molar-refractivity contribution in [1.82, 2.24) is 15.1 Å². The van der Waals surface area contributed by atoms with Crippen molar-refractivity contribution >= 4 is 17.7 Å². The fourth-order valence-electron chi connectivity index (χ4n) is 6.66. The first kappa shape index (κ1) is 28.4. The number of unbranched alkanes of at least 4 members (excludes halogenated alkanes) is 2. The van der Waals surface area contributed by atoms with E-state index < -0.39 is 11.5 Å². The van der Waals surface area contributed by atoms with Gasteiger partial charge in [-0.1, -0.05) is 30.7 Å². The van der Waals surface area contributed by atoms with E-state index in [1.165, 1.54) is 5.56 Å². The maximum atomic E-state index is 13.1. The second-order valence-electron chi connectivity index (χ2n) is 12.0. The molecule has 42 heavy (non-hydrogen) atoms. The van der Waals surface area contributed by atoms with Crippen molar-refractivity contribution in [2.24, 2.45) is 0 Å². The summed E-state index contributed by atoms with van der Waals surface area (Å²) in [5, 5.41) is 12.5. The Kier molecular flexibility index (Phi) is 8.27. The molecule has 4 aliphatic heterocycles. The van der Waals surface area contributed by atoms with E-state index in [-0.39, 0.29) is 30.2 Å². The van der Waals surface area contributed by atoms with E-state index >= 15 is 0 Å². The average Bonchev–Trinajstić information content (AvgIpc) is 3.32. The number of rotatable bonds is 10. The van der Waals surface area contributed by atoms with Gasteiger partial charge in [-0.05, 0) is 93.0 Å². The molecular weight excluding hydrogens is 532 g/mol. The zero-order valence-electron chi connectivity index (χ0n) is 24.0. The largest absolute Gasteiger partial charge is 0.486 e. The van der Waals surface area contributed by atoms with E-state index in [4.69, 9.17) is 9.47 Å². The number of nitriles is 1. The molecule has 0 radical (unpaired) electrons. The lowest BCUT2D eigenvalue weighted by Gasteiger charge is -2.37. The molecule has 2 aromatic carbocycles. The maximum Gasteiger partial charge on any atom is 0.255 e. The van der Waals surface area contributed by atoms with Crippen molar-refractivity contribution in [3.63, 3.8) is 0 Å². The minimum atomic E-state index is -0.583. The van der Waals surface area contributed by atoms with Gasteiger partial charge in [-0.2, -0.15) is 5.26 Å². The first-order chi connectivity index (χ1) is 20.5. The summed E-state index contributed by atoms with van der Waals surface area (Å²) in [5.74, 6) is 0.0663. The third kappa shape index (κ3) is 5.79. The van der Waals surface area contributed by atoms with E-state index in [0.29, 0.717) is 31.7 Å². The highest BCUT2D eigenvalue weighted by molar-refractivity contribution is 6.05. The molecule has 1 atom stereocenters. The van der Waals surface area contributed by atoms with Gasteiger partial charge >= 0.3 is 0 Å². The first-order valence-electron chi connectivity index (χ1n) is 15.2. The third-order valence-electron chi connectivity index (χ3n) is 9.34. The zero-order valence-corrected chi connectivity index (χ0v) is 24.0. The molecule has 4 heterocycles. The van der Waals surface area contributed by atoms with Crippen LogP contribution in [0.1, 0.15) is 72.0 Å². The number of carbonyl (C=O) groups is 3. The Bertz CT molecular complexity index is 1370. The smallest absolute Gasteiger partial charge is 0.255 e. The minimum absolute atomic E-state index is 0.118. The molecular formula is C33H38N4O5. The van der Waals surface area contributed by atoms with E-state index in [0.717, 1.165) is 75.0 Å². The van der Waals surface area contributed by atoms with Gasteiger partial charge in [0.1, 0.15) is 17.9 Å². The molecule has 0 spiro atoms. The monoisotopic (exact) mass is 570 g/mol. The second-order valence-corrected chi connectivity index (χ2v) is 12.0. The van der Waals surface area contributed by atoms with Crippen LogP contribution in [0.5, 0.6) is 5.75 Å². The molecule has 6 rings (SSSR count). The number of hydrogen-bond acceptors (Lipinski definition) is 7. The third-order valence-corrected chi connectivity index (χ3v) is 9.34. The van der Waals surface area contributed by atoms with Crippen molar-refractivity contribution in [2.75, 3.05) is 32.8 Å². The number of amides is 3.